The van der Waals surface area contributed by atoms with Crippen LogP contribution in [0.15, 0.2) is 48.8 Å². The average Bonchev–Trinajstić information content (AvgIpc) is 2.46. The second kappa shape index (κ2) is 7.17. The summed E-state index contributed by atoms with van der Waals surface area (Å²) >= 11 is 0. The van der Waals surface area contributed by atoms with E-state index in [1.54, 1.807) is 0 Å². The molecule has 1 aromatic carbocycles. The summed E-state index contributed by atoms with van der Waals surface area (Å²) in [6, 6.07) is 13.1. The third-order valence-electron chi connectivity index (χ3n) is 3.61. The topological polar surface area (TPSA) is 28.2 Å². The van der Waals surface area contributed by atoms with Crippen molar-refractivity contribution in [2.75, 3.05) is 20.6 Å². The minimum absolute atomic E-state index is 0.350. The van der Waals surface area contributed by atoms with Gasteiger partial charge in [0.1, 0.15) is 0 Å². The fourth-order valence-electron chi connectivity index (χ4n) is 2.50. The van der Waals surface area contributed by atoms with Gasteiger partial charge in [-0.3, -0.25) is 4.98 Å². The molecule has 106 valence electrons. The first kappa shape index (κ1) is 14.7. The summed E-state index contributed by atoms with van der Waals surface area (Å²) in [5, 5.41) is 3.42. The smallest absolute Gasteiger partial charge is 0.0449 e. The molecule has 1 aromatic heterocycles. The van der Waals surface area contributed by atoms with Gasteiger partial charge < -0.3 is 10.2 Å². The van der Waals surface area contributed by atoms with Gasteiger partial charge in [0.05, 0.1) is 0 Å². The van der Waals surface area contributed by atoms with Crippen molar-refractivity contribution in [1.82, 2.24) is 15.2 Å². The summed E-state index contributed by atoms with van der Waals surface area (Å²) in [5.74, 6) is 0. The molecule has 0 spiro atoms. The molecule has 0 saturated carbocycles. The van der Waals surface area contributed by atoms with Gasteiger partial charge in [-0.2, -0.15) is 0 Å². The summed E-state index contributed by atoms with van der Waals surface area (Å²) in [5.41, 5.74) is 4.00. The third kappa shape index (κ3) is 3.89. The van der Waals surface area contributed by atoms with Gasteiger partial charge in [0.15, 0.2) is 0 Å². The minimum Gasteiger partial charge on any atom is -0.312 e. The van der Waals surface area contributed by atoms with Crippen molar-refractivity contribution >= 4 is 0 Å². The maximum Gasteiger partial charge on any atom is 0.0449 e. The first-order valence-electron chi connectivity index (χ1n) is 7.01. The zero-order valence-electron chi connectivity index (χ0n) is 12.5. The second-order valence-corrected chi connectivity index (χ2v) is 5.25. The monoisotopic (exact) mass is 269 g/mol. The lowest BCUT2D eigenvalue weighted by molar-refractivity contribution is 0.289. The highest BCUT2D eigenvalue weighted by Crippen LogP contribution is 2.18. The predicted molar refractivity (Wildman–Crippen MR) is 83.6 cm³/mol. The molecule has 0 aliphatic carbocycles. The van der Waals surface area contributed by atoms with E-state index in [-0.39, 0.29) is 0 Å². The van der Waals surface area contributed by atoms with E-state index in [0.29, 0.717) is 6.04 Å². The molecule has 20 heavy (non-hydrogen) atoms. The van der Waals surface area contributed by atoms with E-state index in [4.69, 9.17) is 0 Å². The summed E-state index contributed by atoms with van der Waals surface area (Å²) in [4.78, 5) is 6.39. The Balaban J connectivity index is 2.01. The lowest BCUT2D eigenvalue weighted by Gasteiger charge is -2.25. The van der Waals surface area contributed by atoms with Crippen molar-refractivity contribution in [2.45, 2.75) is 19.5 Å². The highest BCUT2D eigenvalue weighted by Gasteiger charge is 2.13. The van der Waals surface area contributed by atoms with Gasteiger partial charge in [0.25, 0.3) is 0 Å². The van der Waals surface area contributed by atoms with Crippen molar-refractivity contribution in [1.29, 1.82) is 0 Å². The van der Waals surface area contributed by atoms with Crippen molar-refractivity contribution in [3.05, 3.63) is 65.5 Å². The molecule has 0 radical (unpaired) electrons. The van der Waals surface area contributed by atoms with Gasteiger partial charge in [0, 0.05) is 31.5 Å². The molecule has 0 saturated heterocycles. The van der Waals surface area contributed by atoms with Crippen LogP contribution >= 0.6 is 0 Å². The number of nitrogens with one attached hydrogen (secondary N) is 1. The van der Waals surface area contributed by atoms with Gasteiger partial charge >= 0.3 is 0 Å². The molecule has 0 amide bonds. The maximum absolute atomic E-state index is 4.06. The Bertz CT molecular complexity index is 525. The first-order chi connectivity index (χ1) is 9.70. The van der Waals surface area contributed by atoms with Crippen molar-refractivity contribution in [3.63, 3.8) is 0 Å². The van der Waals surface area contributed by atoms with Crippen molar-refractivity contribution < 1.29 is 0 Å². The van der Waals surface area contributed by atoms with Crippen LogP contribution in [0.3, 0.4) is 0 Å². The standard InChI is InChI=1S/C17H23N3/c1-14-6-4-5-7-16(14)17(18-2)13-20(3)12-15-8-10-19-11-9-15/h4-11,17-18H,12-13H2,1-3H3. The molecular formula is C17H23N3. The highest BCUT2D eigenvalue weighted by molar-refractivity contribution is 5.29. The van der Waals surface area contributed by atoms with E-state index in [0.717, 1.165) is 13.1 Å². The number of aromatic nitrogens is 1. The van der Waals surface area contributed by atoms with E-state index < -0.39 is 0 Å². The summed E-state index contributed by atoms with van der Waals surface area (Å²) in [6.07, 6.45) is 3.69. The normalized spacial score (nSPS) is 12.6. The van der Waals surface area contributed by atoms with E-state index in [1.165, 1.54) is 16.7 Å². The minimum atomic E-state index is 0.350. The van der Waals surface area contributed by atoms with Crippen molar-refractivity contribution in [3.8, 4) is 0 Å². The Morgan fingerprint density at radius 1 is 1.15 bits per heavy atom. The summed E-state index contributed by atoms with van der Waals surface area (Å²) < 4.78 is 0. The van der Waals surface area contributed by atoms with Crippen LogP contribution in [0, 0.1) is 6.92 Å². The van der Waals surface area contributed by atoms with Gasteiger partial charge in [-0.25, -0.2) is 0 Å². The zero-order valence-corrected chi connectivity index (χ0v) is 12.5. The number of nitrogens with zero attached hydrogens (tertiary/aromatic N) is 2. The summed E-state index contributed by atoms with van der Waals surface area (Å²) in [7, 11) is 4.18. The Morgan fingerprint density at radius 2 is 1.85 bits per heavy atom. The van der Waals surface area contributed by atoms with Crippen LogP contribution in [0.25, 0.3) is 0 Å². The Morgan fingerprint density at radius 3 is 2.50 bits per heavy atom. The van der Waals surface area contributed by atoms with Crippen LogP contribution in [-0.4, -0.2) is 30.5 Å². The Labute approximate surface area is 121 Å². The fraction of sp³-hybridized carbons (Fsp3) is 0.353. The van der Waals surface area contributed by atoms with Gasteiger partial charge in [-0.05, 0) is 49.8 Å². The SMILES string of the molecule is CNC(CN(C)Cc1ccncc1)c1ccccc1C. The Hall–Kier alpha value is -1.71. The number of likely N-dealkylation sites (N-methyl/N-ethyl adjacent to an activating group) is 2. The molecule has 0 aliphatic rings. The molecule has 1 atom stereocenters. The van der Waals surface area contributed by atoms with E-state index >= 15 is 0 Å². The molecule has 0 bridgehead atoms. The molecule has 1 heterocycles. The van der Waals surface area contributed by atoms with Crippen LogP contribution in [0.4, 0.5) is 0 Å². The van der Waals surface area contributed by atoms with Crippen LogP contribution in [0.2, 0.25) is 0 Å². The van der Waals surface area contributed by atoms with Crippen LogP contribution in [0.5, 0.6) is 0 Å². The molecule has 3 nitrogen and oxygen atoms in total. The summed E-state index contributed by atoms with van der Waals surface area (Å²) in [6.45, 7) is 4.08. The highest BCUT2D eigenvalue weighted by atomic mass is 15.1. The molecule has 2 rings (SSSR count). The molecule has 1 unspecified atom stereocenters. The molecule has 0 fully saturated rings. The number of hydrogen-bond acceptors (Lipinski definition) is 3. The number of rotatable bonds is 6. The third-order valence-corrected chi connectivity index (χ3v) is 3.61. The first-order valence-corrected chi connectivity index (χ1v) is 7.01. The fourth-order valence-corrected chi connectivity index (χ4v) is 2.50. The van der Waals surface area contributed by atoms with Gasteiger partial charge in [0.2, 0.25) is 0 Å². The lowest BCUT2D eigenvalue weighted by atomic mass is 10.0. The largest absolute Gasteiger partial charge is 0.312 e. The maximum atomic E-state index is 4.06. The Kier molecular flexibility index (Phi) is 5.27. The molecule has 1 N–H and O–H groups in total. The quantitative estimate of drug-likeness (QED) is 0.874. The van der Waals surface area contributed by atoms with Crippen molar-refractivity contribution in [2.24, 2.45) is 0 Å². The second-order valence-electron chi connectivity index (χ2n) is 5.25. The van der Waals surface area contributed by atoms with Crippen LogP contribution < -0.4 is 5.32 Å². The van der Waals surface area contributed by atoms with E-state index in [2.05, 4.69) is 65.6 Å². The number of pyridine rings is 1. The average molecular weight is 269 g/mol. The van der Waals surface area contributed by atoms with Gasteiger partial charge in [-0.1, -0.05) is 24.3 Å². The van der Waals surface area contributed by atoms with E-state index in [9.17, 15) is 0 Å². The van der Waals surface area contributed by atoms with E-state index in [1.807, 2.05) is 19.4 Å². The van der Waals surface area contributed by atoms with Gasteiger partial charge in [-0.15, -0.1) is 0 Å². The number of aryl methyl sites for hydroxylation is 1. The lowest BCUT2D eigenvalue weighted by Crippen LogP contribution is -2.31. The zero-order chi connectivity index (χ0) is 14.4. The van der Waals surface area contributed by atoms with Crippen LogP contribution in [-0.2, 0) is 6.54 Å². The molecular weight excluding hydrogens is 246 g/mol. The number of benzene rings is 1. The molecule has 0 aliphatic heterocycles. The van der Waals surface area contributed by atoms with Crippen LogP contribution in [0.1, 0.15) is 22.7 Å². The molecule has 3 heteroatoms. The predicted octanol–water partition coefficient (Wildman–Crippen LogP) is 2.78. The number of hydrogen-bond donors (Lipinski definition) is 1. The molecule has 2 aromatic rings.